The van der Waals surface area contributed by atoms with Gasteiger partial charge in [-0.15, -0.1) is 0 Å². The normalized spacial score (nSPS) is 20.9. The van der Waals surface area contributed by atoms with Crippen molar-refractivity contribution in [1.82, 2.24) is 4.90 Å². The van der Waals surface area contributed by atoms with Crippen LogP contribution in [0.4, 0.5) is 4.39 Å². The molecule has 1 unspecified atom stereocenters. The third-order valence-corrected chi connectivity index (χ3v) is 3.37. The van der Waals surface area contributed by atoms with Crippen LogP contribution in [0.25, 0.3) is 0 Å². The monoisotopic (exact) mass is 288 g/mol. The lowest BCUT2D eigenvalue weighted by atomic mass is 10.1. The summed E-state index contributed by atoms with van der Waals surface area (Å²) in [5.41, 5.74) is 6.14. The zero-order valence-electron chi connectivity index (χ0n) is 9.73. The fourth-order valence-electron chi connectivity index (χ4n) is 1.92. The molecule has 98 valence electrons. The second-order valence-electron chi connectivity index (χ2n) is 4.23. The lowest BCUT2D eigenvalue weighted by molar-refractivity contribution is 0.00354. The molecule has 0 spiro atoms. The number of morpholine rings is 1. The van der Waals surface area contributed by atoms with Crippen molar-refractivity contribution in [3.63, 3.8) is 0 Å². The van der Waals surface area contributed by atoms with Crippen LogP contribution in [-0.4, -0.2) is 35.7 Å². The molecule has 6 heteroatoms. The van der Waals surface area contributed by atoms with Crippen LogP contribution in [0.2, 0.25) is 5.02 Å². The zero-order valence-corrected chi connectivity index (χ0v) is 11.3. The van der Waals surface area contributed by atoms with Gasteiger partial charge in [0.25, 0.3) is 0 Å². The van der Waals surface area contributed by atoms with Gasteiger partial charge in [0.05, 0.1) is 6.61 Å². The summed E-state index contributed by atoms with van der Waals surface area (Å²) in [4.78, 5) is 2.40. The molecule has 0 amide bonds. The lowest BCUT2D eigenvalue weighted by Gasteiger charge is -2.32. The van der Waals surface area contributed by atoms with Crippen molar-refractivity contribution >= 4 is 28.8 Å². The summed E-state index contributed by atoms with van der Waals surface area (Å²) in [5.74, 6) is -0.252. The van der Waals surface area contributed by atoms with Crippen molar-refractivity contribution < 1.29 is 9.13 Å². The van der Waals surface area contributed by atoms with E-state index in [0.717, 1.165) is 6.54 Å². The van der Waals surface area contributed by atoms with E-state index >= 15 is 0 Å². The van der Waals surface area contributed by atoms with Gasteiger partial charge in [-0.3, -0.25) is 4.90 Å². The van der Waals surface area contributed by atoms with Crippen LogP contribution in [0.1, 0.15) is 5.56 Å². The molecular weight excluding hydrogens is 275 g/mol. The molecule has 1 aromatic carbocycles. The van der Waals surface area contributed by atoms with Gasteiger partial charge in [-0.2, -0.15) is 0 Å². The molecule has 2 N–H and O–H groups in total. The minimum absolute atomic E-state index is 0.252. The number of ether oxygens (including phenoxy) is 1. The molecule has 1 atom stereocenters. The van der Waals surface area contributed by atoms with E-state index in [1.807, 2.05) is 0 Å². The average Bonchev–Trinajstić information content (AvgIpc) is 2.34. The number of hydrogen-bond donors (Lipinski definition) is 1. The number of nitrogens with two attached hydrogens (primary N) is 1. The van der Waals surface area contributed by atoms with E-state index in [4.69, 9.17) is 34.3 Å². The van der Waals surface area contributed by atoms with E-state index in [2.05, 4.69) is 4.90 Å². The highest BCUT2D eigenvalue weighted by molar-refractivity contribution is 7.80. The van der Waals surface area contributed by atoms with Crippen molar-refractivity contribution in [3.05, 3.63) is 34.6 Å². The zero-order chi connectivity index (χ0) is 13.1. The van der Waals surface area contributed by atoms with Crippen molar-refractivity contribution in [2.45, 2.75) is 12.6 Å². The molecule has 0 radical (unpaired) electrons. The second kappa shape index (κ2) is 5.93. The van der Waals surface area contributed by atoms with Crippen molar-refractivity contribution in [3.8, 4) is 0 Å². The van der Waals surface area contributed by atoms with Crippen molar-refractivity contribution in [2.75, 3.05) is 19.7 Å². The summed E-state index contributed by atoms with van der Waals surface area (Å²) in [6, 6.07) is 4.56. The van der Waals surface area contributed by atoms with E-state index in [1.165, 1.54) is 12.1 Å². The first-order valence-corrected chi connectivity index (χ1v) is 6.42. The molecule has 1 heterocycles. The Labute approximate surface area is 116 Å². The third-order valence-electron chi connectivity index (χ3n) is 2.87. The van der Waals surface area contributed by atoms with Crippen LogP contribution in [-0.2, 0) is 11.3 Å². The summed E-state index contributed by atoms with van der Waals surface area (Å²) in [6.45, 7) is 2.34. The predicted octanol–water partition coefficient (Wildman–Crippen LogP) is 1.97. The highest BCUT2D eigenvalue weighted by atomic mass is 35.5. The number of hydrogen-bond acceptors (Lipinski definition) is 3. The Hall–Kier alpha value is -0.750. The highest BCUT2D eigenvalue weighted by Crippen LogP contribution is 2.18. The Kier molecular flexibility index (Phi) is 4.50. The molecule has 0 bridgehead atoms. The first kappa shape index (κ1) is 13.7. The molecule has 2 rings (SSSR count). The minimum Gasteiger partial charge on any atom is -0.391 e. The highest BCUT2D eigenvalue weighted by Gasteiger charge is 2.23. The van der Waals surface area contributed by atoms with Gasteiger partial charge in [-0.1, -0.05) is 23.8 Å². The lowest BCUT2D eigenvalue weighted by Crippen LogP contribution is -2.47. The van der Waals surface area contributed by atoms with E-state index < -0.39 is 0 Å². The minimum atomic E-state index is -0.254. The average molecular weight is 289 g/mol. The molecule has 1 saturated heterocycles. The summed E-state index contributed by atoms with van der Waals surface area (Å²) in [5, 5.41) is 0.533. The third kappa shape index (κ3) is 3.38. The summed E-state index contributed by atoms with van der Waals surface area (Å²) >= 11 is 10.8. The van der Waals surface area contributed by atoms with Crippen LogP contribution >= 0.6 is 23.8 Å². The quantitative estimate of drug-likeness (QED) is 0.863. The maximum Gasteiger partial charge on any atom is 0.127 e. The van der Waals surface area contributed by atoms with E-state index in [0.29, 0.717) is 35.3 Å². The van der Waals surface area contributed by atoms with Gasteiger partial charge in [0.15, 0.2) is 0 Å². The van der Waals surface area contributed by atoms with E-state index in [-0.39, 0.29) is 11.9 Å². The first-order valence-electron chi connectivity index (χ1n) is 5.63. The molecule has 18 heavy (non-hydrogen) atoms. The molecule has 0 saturated carbocycles. The molecule has 1 aromatic rings. The topological polar surface area (TPSA) is 38.5 Å². The van der Waals surface area contributed by atoms with Crippen molar-refractivity contribution in [1.29, 1.82) is 0 Å². The Morgan fingerprint density at radius 1 is 1.61 bits per heavy atom. The molecule has 1 aliphatic heterocycles. The standard InChI is InChI=1S/C12H14ClFN2OS/c13-9-1-2-10(14)8(5-9)6-16-3-4-17-11(7-16)12(15)18/h1-2,5,11H,3-4,6-7H2,(H2,15,18). The van der Waals surface area contributed by atoms with Gasteiger partial charge in [0, 0.05) is 30.2 Å². The van der Waals surface area contributed by atoms with Crippen LogP contribution in [0.3, 0.4) is 0 Å². The SMILES string of the molecule is NC(=S)C1CN(Cc2cc(Cl)ccc2F)CCO1. The van der Waals surface area contributed by atoms with Gasteiger partial charge in [-0.25, -0.2) is 4.39 Å². The number of thiocarbonyl (C=S) groups is 1. The molecule has 3 nitrogen and oxygen atoms in total. The van der Waals surface area contributed by atoms with Gasteiger partial charge in [0.1, 0.15) is 16.9 Å². The molecule has 0 aromatic heterocycles. The predicted molar refractivity (Wildman–Crippen MR) is 73.2 cm³/mol. The molecule has 1 fully saturated rings. The smallest absolute Gasteiger partial charge is 0.127 e. The fourth-order valence-corrected chi connectivity index (χ4v) is 2.26. The first-order chi connectivity index (χ1) is 8.56. The molecule has 0 aliphatic carbocycles. The number of rotatable bonds is 3. The van der Waals surface area contributed by atoms with Crippen LogP contribution in [0.5, 0.6) is 0 Å². The Balaban J connectivity index is 2.04. The number of halogens is 2. The Morgan fingerprint density at radius 3 is 3.11 bits per heavy atom. The molecule has 1 aliphatic rings. The maximum atomic E-state index is 13.6. The summed E-state index contributed by atoms with van der Waals surface area (Å²) < 4.78 is 19.0. The summed E-state index contributed by atoms with van der Waals surface area (Å²) in [6.07, 6.45) is -0.254. The Bertz CT molecular complexity index is 458. The maximum absolute atomic E-state index is 13.6. The van der Waals surface area contributed by atoms with Crippen LogP contribution in [0, 0.1) is 5.82 Å². The number of benzene rings is 1. The Morgan fingerprint density at radius 2 is 2.39 bits per heavy atom. The molecular formula is C12H14ClFN2OS. The van der Waals surface area contributed by atoms with Gasteiger partial charge < -0.3 is 10.5 Å². The van der Waals surface area contributed by atoms with Gasteiger partial charge in [-0.05, 0) is 18.2 Å². The van der Waals surface area contributed by atoms with Gasteiger partial charge in [0.2, 0.25) is 0 Å². The van der Waals surface area contributed by atoms with Crippen molar-refractivity contribution in [2.24, 2.45) is 5.73 Å². The fraction of sp³-hybridized carbons (Fsp3) is 0.417. The largest absolute Gasteiger partial charge is 0.391 e. The van der Waals surface area contributed by atoms with E-state index in [9.17, 15) is 4.39 Å². The second-order valence-corrected chi connectivity index (χ2v) is 5.14. The number of nitrogens with zero attached hydrogens (tertiary/aromatic N) is 1. The van der Waals surface area contributed by atoms with Crippen LogP contribution < -0.4 is 5.73 Å². The van der Waals surface area contributed by atoms with Gasteiger partial charge >= 0.3 is 0 Å². The van der Waals surface area contributed by atoms with E-state index in [1.54, 1.807) is 6.07 Å². The summed E-state index contributed by atoms with van der Waals surface area (Å²) in [7, 11) is 0. The van der Waals surface area contributed by atoms with Crippen LogP contribution in [0.15, 0.2) is 18.2 Å².